The second-order valence-electron chi connectivity index (χ2n) is 7.02. The van der Waals surface area contributed by atoms with Gasteiger partial charge in [-0.25, -0.2) is 17.8 Å². The van der Waals surface area contributed by atoms with Crippen LogP contribution in [-0.2, 0) is 16.3 Å². The Morgan fingerprint density at radius 1 is 0.933 bits per heavy atom. The highest BCUT2D eigenvalue weighted by Gasteiger charge is 2.16. The molecule has 0 radical (unpaired) electrons. The van der Waals surface area contributed by atoms with Crippen LogP contribution in [-0.4, -0.2) is 24.6 Å². The maximum Gasteiger partial charge on any atom is 0.175 e. The van der Waals surface area contributed by atoms with E-state index in [4.69, 9.17) is 4.98 Å². The molecule has 0 unspecified atom stereocenters. The van der Waals surface area contributed by atoms with E-state index in [-0.39, 0.29) is 10.7 Å². The van der Waals surface area contributed by atoms with Crippen LogP contribution in [0.2, 0.25) is 0 Å². The van der Waals surface area contributed by atoms with Gasteiger partial charge in [0.15, 0.2) is 9.84 Å². The van der Waals surface area contributed by atoms with Crippen molar-refractivity contribution in [2.75, 3.05) is 6.26 Å². The average molecular weight is 439 g/mol. The summed E-state index contributed by atoms with van der Waals surface area (Å²) in [6, 6.07) is 20.6. The second-order valence-corrected chi connectivity index (χ2v) is 9.51. The van der Waals surface area contributed by atoms with Crippen LogP contribution >= 0.6 is 12.6 Å². The monoisotopic (exact) mass is 438 g/mol. The topological polar surface area (TPSA) is 62.8 Å². The van der Waals surface area contributed by atoms with Crippen LogP contribution in [0.5, 0.6) is 0 Å². The fraction of sp³-hybridized carbons (Fsp3) is 0.0870. The predicted octanol–water partition coefficient (Wildman–Crippen LogP) is 5.17. The number of aromatic amines is 1. The number of rotatable bonds is 5. The Morgan fingerprint density at radius 3 is 2.20 bits per heavy atom. The first-order valence-corrected chi connectivity index (χ1v) is 11.6. The Labute approximate surface area is 180 Å². The van der Waals surface area contributed by atoms with Crippen molar-refractivity contribution in [1.29, 1.82) is 0 Å². The standard InChI is InChI=1S/C23H19FN2O2S2/c1-30(27,28)19-12-8-16(9-13-19)23-22(15-6-10-18(24)11-7-15)25-21(26-23)14-17-4-2-3-5-20(17)29/h2-13,29H,14H2,1H3,(H,25,26). The first-order chi connectivity index (χ1) is 14.3. The molecule has 7 heteroatoms. The number of hydrogen-bond donors (Lipinski definition) is 2. The molecule has 0 aliphatic heterocycles. The molecule has 1 aromatic heterocycles. The molecule has 0 bridgehead atoms. The quantitative estimate of drug-likeness (QED) is 0.423. The van der Waals surface area contributed by atoms with E-state index in [1.807, 2.05) is 24.3 Å². The number of hydrogen-bond acceptors (Lipinski definition) is 4. The van der Waals surface area contributed by atoms with Gasteiger partial charge in [-0.3, -0.25) is 0 Å². The second kappa shape index (κ2) is 8.08. The summed E-state index contributed by atoms with van der Waals surface area (Å²) in [5.74, 6) is 0.413. The summed E-state index contributed by atoms with van der Waals surface area (Å²) in [5, 5.41) is 0. The molecule has 4 rings (SSSR count). The molecule has 0 atom stereocenters. The summed E-state index contributed by atoms with van der Waals surface area (Å²) in [5.41, 5.74) is 4.00. The van der Waals surface area contributed by atoms with E-state index in [1.54, 1.807) is 36.4 Å². The first-order valence-electron chi connectivity index (χ1n) is 9.23. The summed E-state index contributed by atoms with van der Waals surface area (Å²) in [7, 11) is -3.29. The Kier molecular flexibility index (Phi) is 5.49. The third-order valence-electron chi connectivity index (χ3n) is 4.79. The number of sulfone groups is 1. The van der Waals surface area contributed by atoms with Gasteiger partial charge in [-0.05, 0) is 48.0 Å². The molecule has 4 nitrogen and oxygen atoms in total. The lowest BCUT2D eigenvalue weighted by molar-refractivity contribution is 0.602. The van der Waals surface area contributed by atoms with Gasteiger partial charge < -0.3 is 4.98 Å². The van der Waals surface area contributed by atoms with Crippen molar-refractivity contribution in [3.63, 3.8) is 0 Å². The third-order valence-corrected chi connectivity index (χ3v) is 6.36. The zero-order chi connectivity index (χ0) is 21.3. The number of benzene rings is 3. The van der Waals surface area contributed by atoms with E-state index in [0.29, 0.717) is 12.1 Å². The van der Waals surface area contributed by atoms with E-state index >= 15 is 0 Å². The average Bonchev–Trinajstić information content (AvgIpc) is 3.13. The molecule has 0 saturated heterocycles. The van der Waals surface area contributed by atoms with E-state index in [1.165, 1.54) is 18.4 Å². The molecule has 0 fully saturated rings. The van der Waals surface area contributed by atoms with Gasteiger partial charge in [0.25, 0.3) is 0 Å². The maximum absolute atomic E-state index is 13.4. The summed E-state index contributed by atoms with van der Waals surface area (Å²) in [6.45, 7) is 0. The van der Waals surface area contributed by atoms with Gasteiger partial charge in [-0.2, -0.15) is 0 Å². The van der Waals surface area contributed by atoms with Crippen molar-refractivity contribution in [3.05, 3.63) is 90.0 Å². The van der Waals surface area contributed by atoms with Crippen LogP contribution in [0.15, 0.2) is 82.6 Å². The molecule has 0 spiro atoms. The Bertz CT molecular complexity index is 1300. The van der Waals surface area contributed by atoms with Crippen LogP contribution in [0.3, 0.4) is 0 Å². The van der Waals surface area contributed by atoms with E-state index in [0.717, 1.165) is 33.1 Å². The van der Waals surface area contributed by atoms with E-state index < -0.39 is 9.84 Å². The number of H-pyrrole nitrogens is 1. The molecule has 0 saturated carbocycles. The number of imidazole rings is 1. The van der Waals surface area contributed by atoms with Crippen LogP contribution in [0.4, 0.5) is 4.39 Å². The molecular formula is C23H19FN2O2S2. The van der Waals surface area contributed by atoms with Crippen molar-refractivity contribution in [2.45, 2.75) is 16.2 Å². The van der Waals surface area contributed by atoms with Crippen LogP contribution < -0.4 is 0 Å². The number of nitrogens with one attached hydrogen (secondary N) is 1. The van der Waals surface area contributed by atoms with Crippen LogP contribution in [0.25, 0.3) is 22.5 Å². The van der Waals surface area contributed by atoms with Gasteiger partial charge in [0, 0.05) is 28.7 Å². The van der Waals surface area contributed by atoms with Gasteiger partial charge in [0.2, 0.25) is 0 Å². The van der Waals surface area contributed by atoms with Crippen molar-refractivity contribution in [2.24, 2.45) is 0 Å². The molecule has 0 aliphatic rings. The highest BCUT2D eigenvalue weighted by atomic mass is 32.2. The molecule has 1 heterocycles. The lowest BCUT2D eigenvalue weighted by Gasteiger charge is -2.05. The van der Waals surface area contributed by atoms with Crippen LogP contribution in [0, 0.1) is 5.82 Å². The third kappa shape index (κ3) is 4.32. The van der Waals surface area contributed by atoms with Gasteiger partial charge in [0.05, 0.1) is 16.3 Å². The Morgan fingerprint density at radius 2 is 1.57 bits per heavy atom. The molecule has 152 valence electrons. The Hall–Kier alpha value is -2.90. The summed E-state index contributed by atoms with van der Waals surface area (Å²) >= 11 is 4.51. The van der Waals surface area contributed by atoms with Gasteiger partial charge in [0.1, 0.15) is 11.6 Å². The number of thiol groups is 1. The molecule has 3 aromatic carbocycles. The number of nitrogens with zero attached hydrogens (tertiary/aromatic N) is 1. The summed E-state index contributed by atoms with van der Waals surface area (Å²) < 4.78 is 37.0. The fourth-order valence-electron chi connectivity index (χ4n) is 3.24. The summed E-state index contributed by atoms with van der Waals surface area (Å²) in [6.07, 6.45) is 1.73. The number of halogens is 1. The zero-order valence-electron chi connectivity index (χ0n) is 16.1. The lowest BCUT2D eigenvalue weighted by Crippen LogP contribution is -1.96. The normalized spacial score (nSPS) is 11.6. The van der Waals surface area contributed by atoms with Gasteiger partial charge in [-0.1, -0.05) is 30.3 Å². The minimum Gasteiger partial charge on any atom is -0.341 e. The van der Waals surface area contributed by atoms with Crippen molar-refractivity contribution in [1.82, 2.24) is 9.97 Å². The van der Waals surface area contributed by atoms with Crippen molar-refractivity contribution < 1.29 is 12.8 Å². The highest BCUT2D eigenvalue weighted by molar-refractivity contribution is 7.90. The molecular weight excluding hydrogens is 419 g/mol. The zero-order valence-corrected chi connectivity index (χ0v) is 17.8. The van der Waals surface area contributed by atoms with E-state index in [2.05, 4.69) is 17.6 Å². The summed E-state index contributed by atoms with van der Waals surface area (Å²) in [4.78, 5) is 9.24. The van der Waals surface area contributed by atoms with Gasteiger partial charge >= 0.3 is 0 Å². The first kappa shape index (κ1) is 20.4. The van der Waals surface area contributed by atoms with Crippen molar-refractivity contribution in [3.8, 4) is 22.5 Å². The molecule has 1 N–H and O–H groups in total. The Balaban J connectivity index is 1.80. The lowest BCUT2D eigenvalue weighted by atomic mass is 10.1. The number of aromatic nitrogens is 2. The van der Waals surface area contributed by atoms with E-state index in [9.17, 15) is 12.8 Å². The molecule has 0 amide bonds. The fourth-order valence-corrected chi connectivity index (χ4v) is 4.11. The predicted molar refractivity (Wildman–Crippen MR) is 119 cm³/mol. The SMILES string of the molecule is CS(=O)(=O)c1ccc(-c2[nH]c(Cc3ccccc3S)nc2-c2ccc(F)cc2)cc1. The minimum absolute atomic E-state index is 0.248. The molecule has 30 heavy (non-hydrogen) atoms. The largest absolute Gasteiger partial charge is 0.341 e. The highest BCUT2D eigenvalue weighted by Crippen LogP contribution is 2.32. The minimum atomic E-state index is -3.29. The van der Waals surface area contributed by atoms with Crippen molar-refractivity contribution >= 4 is 22.5 Å². The smallest absolute Gasteiger partial charge is 0.175 e. The van der Waals surface area contributed by atoms with Gasteiger partial charge in [-0.15, -0.1) is 12.6 Å². The van der Waals surface area contributed by atoms with Crippen LogP contribution in [0.1, 0.15) is 11.4 Å². The molecule has 4 aromatic rings. The molecule has 0 aliphatic carbocycles. The maximum atomic E-state index is 13.4.